The van der Waals surface area contributed by atoms with Gasteiger partial charge in [-0.2, -0.15) is 18.3 Å². The fourth-order valence-electron chi connectivity index (χ4n) is 4.45. The Balaban J connectivity index is 1.70. The first-order valence-electron chi connectivity index (χ1n) is 11.0. The van der Waals surface area contributed by atoms with Gasteiger partial charge in [-0.1, -0.05) is 6.07 Å². The molecule has 0 radical (unpaired) electrons. The summed E-state index contributed by atoms with van der Waals surface area (Å²) in [5.41, 5.74) is -0.208. The van der Waals surface area contributed by atoms with Crippen LogP contribution in [0.5, 0.6) is 0 Å². The van der Waals surface area contributed by atoms with Crippen molar-refractivity contribution in [1.29, 1.82) is 0 Å². The van der Waals surface area contributed by atoms with Crippen LogP contribution in [0.1, 0.15) is 43.4 Å². The van der Waals surface area contributed by atoms with E-state index in [1.54, 1.807) is 29.7 Å². The van der Waals surface area contributed by atoms with Crippen LogP contribution in [0.25, 0.3) is 10.9 Å². The second kappa shape index (κ2) is 9.36. The van der Waals surface area contributed by atoms with E-state index in [9.17, 15) is 18.0 Å². The highest BCUT2D eigenvalue weighted by Crippen LogP contribution is 2.43. The molecule has 1 aliphatic carbocycles. The molecule has 176 valence electrons. The van der Waals surface area contributed by atoms with Gasteiger partial charge in [0.1, 0.15) is 6.10 Å². The molecule has 0 unspecified atom stereocenters. The van der Waals surface area contributed by atoms with Crippen LogP contribution in [0, 0.1) is 0 Å². The maximum atomic E-state index is 14.3. The molecule has 1 aliphatic heterocycles. The number of morpholine rings is 1. The molecule has 2 fully saturated rings. The second-order valence-corrected chi connectivity index (χ2v) is 8.39. The number of halogens is 3. The number of hydrogen-bond acceptors (Lipinski definition) is 5. The Bertz CT molecular complexity index is 952. The number of aromatic nitrogens is 2. The molecule has 1 aromatic carbocycles. The van der Waals surface area contributed by atoms with Crippen LogP contribution >= 0.6 is 0 Å². The fourth-order valence-corrected chi connectivity index (χ4v) is 4.45. The van der Waals surface area contributed by atoms with Crippen molar-refractivity contribution in [1.82, 2.24) is 20.0 Å². The van der Waals surface area contributed by atoms with Crippen molar-refractivity contribution in [3.8, 4) is 0 Å². The number of amides is 1. The van der Waals surface area contributed by atoms with Crippen molar-refractivity contribution in [2.45, 2.75) is 57.1 Å². The summed E-state index contributed by atoms with van der Waals surface area (Å²) in [6, 6.07) is 2.37. The summed E-state index contributed by atoms with van der Waals surface area (Å²) in [6.45, 7) is 4.07. The number of alkyl halides is 3. The van der Waals surface area contributed by atoms with Gasteiger partial charge in [0.2, 0.25) is 0 Å². The van der Waals surface area contributed by atoms with Crippen LogP contribution in [0.15, 0.2) is 18.3 Å². The summed E-state index contributed by atoms with van der Waals surface area (Å²) in [5.74, 6) is -0.254. The number of benzene rings is 1. The molecule has 32 heavy (non-hydrogen) atoms. The molecule has 7 nitrogen and oxygen atoms in total. The van der Waals surface area contributed by atoms with Gasteiger partial charge in [-0.05, 0) is 37.8 Å². The Morgan fingerprint density at radius 3 is 2.81 bits per heavy atom. The third-order valence-electron chi connectivity index (χ3n) is 6.13. The minimum atomic E-state index is -4.58. The van der Waals surface area contributed by atoms with Crippen LogP contribution in [-0.2, 0) is 27.0 Å². The SMILES string of the molecule is COCCCn1ncc2c(C(F)(F)F)c([C@H](C)N(C(=O)[C@H]3CNCCO3)C3CC3)ccc21. The highest BCUT2D eigenvalue weighted by Gasteiger charge is 2.43. The van der Waals surface area contributed by atoms with Crippen molar-refractivity contribution in [3.63, 3.8) is 0 Å². The zero-order valence-electron chi connectivity index (χ0n) is 18.3. The Hall–Kier alpha value is -2.17. The standard InChI is InChI=1S/C22H29F3N4O3/c1-14(29(15-4-5-15)21(30)19-13-26-8-11-32-19)16-6-7-18-17(20(16)22(23,24)25)12-27-28(18)9-3-10-31-2/h6-7,12,14-15,19,26H,3-5,8-11,13H2,1-2H3/t14-,19+/m0/s1. The van der Waals surface area contributed by atoms with Crippen molar-refractivity contribution in [2.75, 3.05) is 33.4 Å². The number of methoxy groups -OCH3 is 1. The number of rotatable bonds is 8. The van der Waals surface area contributed by atoms with E-state index in [2.05, 4.69) is 10.4 Å². The van der Waals surface area contributed by atoms with Gasteiger partial charge in [0.15, 0.2) is 0 Å². The number of fused-ring (bicyclic) bond motifs is 1. The lowest BCUT2D eigenvalue weighted by Gasteiger charge is -2.35. The van der Waals surface area contributed by atoms with Crippen LogP contribution in [-0.4, -0.2) is 66.1 Å². The topological polar surface area (TPSA) is 68.6 Å². The van der Waals surface area contributed by atoms with Gasteiger partial charge in [-0.25, -0.2) is 0 Å². The summed E-state index contributed by atoms with van der Waals surface area (Å²) >= 11 is 0. The normalized spacial score (nSPS) is 20.5. The third-order valence-corrected chi connectivity index (χ3v) is 6.13. The molecule has 2 aliphatic rings. The van der Waals surface area contributed by atoms with Crippen molar-refractivity contribution in [2.24, 2.45) is 0 Å². The molecule has 1 saturated heterocycles. The van der Waals surface area contributed by atoms with Gasteiger partial charge in [0.25, 0.3) is 5.91 Å². The molecule has 1 amide bonds. The average Bonchev–Trinajstić information content (AvgIpc) is 3.52. The molecule has 0 bridgehead atoms. The first kappa shape index (κ1) is 23.0. The van der Waals surface area contributed by atoms with Gasteiger partial charge in [0.05, 0.1) is 29.9 Å². The lowest BCUT2D eigenvalue weighted by molar-refractivity contribution is -0.149. The molecule has 2 aromatic rings. The molecular weight excluding hydrogens is 425 g/mol. The Morgan fingerprint density at radius 2 is 2.19 bits per heavy atom. The Labute approximate surface area is 184 Å². The predicted octanol–water partition coefficient (Wildman–Crippen LogP) is 3.13. The van der Waals surface area contributed by atoms with Crippen molar-refractivity contribution >= 4 is 16.8 Å². The Kier molecular flexibility index (Phi) is 6.73. The van der Waals surface area contributed by atoms with E-state index in [0.717, 1.165) is 12.8 Å². The van der Waals surface area contributed by atoms with E-state index in [4.69, 9.17) is 9.47 Å². The average molecular weight is 454 g/mol. The van der Waals surface area contributed by atoms with Gasteiger partial charge in [-0.15, -0.1) is 0 Å². The molecule has 10 heteroatoms. The maximum absolute atomic E-state index is 14.3. The fraction of sp³-hybridized carbons (Fsp3) is 0.636. The van der Waals surface area contributed by atoms with E-state index in [0.29, 0.717) is 44.8 Å². The van der Waals surface area contributed by atoms with E-state index in [-0.39, 0.29) is 22.9 Å². The molecule has 2 heterocycles. The van der Waals surface area contributed by atoms with E-state index < -0.39 is 23.9 Å². The van der Waals surface area contributed by atoms with Crippen LogP contribution in [0.4, 0.5) is 13.2 Å². The van der Waals surface area contributed by atoms with Crippen LogP contribution in [0.3, 0.4) is 0 Å². The van der Waals surface area contributed by atoms with Crippen molar-refractivity contribution < 1.29 is 27.4 Å². The molecule has 0 spiro atoms. The van der Waals surface area contributed by atoms with Gasteiger partial charge in [0, 0.05) is 44.8 Å². The molecule has 1 saturated carbocycles. The molecule has 1 aromatic heterocycles. The first-order valence-corrected chi connectivity index (χ1v) is 11.0. The highest BCUT2D eigenvalue weighted by atomic mass is 19.4. The summed E-state index contributed by atoms with van der Waals surface area (Å²) in [5, 5.41) is 7.37. The van der Waals surface area contributed by atoms with Gasteiger partial charge < -0.3 is 19.7 Å². The summed E-state index contributed by atoms with van der Waals surface area (Å²) in [4.78, 5) is 14.8. The zero-order valence-corrected chi connectivity index (χ0v) is 18.3. The van der Waals surface area contributed by atoms with Crippen LogP contribution < -0.4 is 5.32 Å². The minimum Gasteiger partial charge on any atom is -0.385 e. The Morgan fingerprint density at radius 1 is 1.41 bits per heavy atom. The quantitative estimate of drug-likeness (QED) is 0.621. The smallest absolute Gasteiger partial charge is 0.385 e. The first-order chi connectivity index (χ1) is 15.3. The highest BCUT2D eigenvalue weighted by molar-refractivity contribution is 5.86. The number of hydrogen-bond donors (Lipinski definition) is 1. The molecule has 2 atom stereocenters. The monoisotopic (exact) mass is 454 g/mol. The van der Waals surface area contributed by atoms with E-state index >= 15 is 0 Å². The number of ether oxygens (including phenoxy) is 2. The summed E-state index contributed by atoms with van der Waals surface area (Å²) < 4.78 is 55.1. The van der Waals surface area contributed by atoms with Crippen LogP contribution in [0.2, 0.25) is 0 Å². The summed E-state index contributed by atoms with van der Waals surface area (Å²) in [7, 11) is 1.58. The van der Waals surface area contributed by atoms with E-state index in [1.165, 1.54) is 12.3 Å². The molecule has 1 N–H and O–H groups in total. The zero-order chi connectivity index (χ0) is 22.9. The third kappa shape index (κ3) is 4.62. The largest absolute Gasteiger partial charge is 0.417 e. The second-order valence-electron chi connectivity index (χ2n) is 8.39. The van der Waals surface area contributed by atoms with E-state index in [1.807, 2.05) is 0 Å². The van der Waals surface area contributed by atoms with Crippen molar-refractivity contribution in [3.05, 3.63) is 29.5 Å². The number of carbonyl (C=O) groups excluding carboxylic acids is 1. The summed E-state index contributed by atoms with van der Waals surface area (Å²) in [6.07, 6.45) is -1.75. The lowest BCUT2D eigenvalue weighted by Crippen LogP contribution is -2.50. The maximum Gasteiger partial charge on any atom is 0.417 e. The predicted molar refractivity (Wildman–Crippen MR) is 112 cm³/mol. The minimum absolute atomic E-state index is 0.0537. The van der Waals surface area contributed by atoms with Gasteiger partial charge >= 0.3 is 6.18 Å². The number of nitrogens with zero attached hydrogens (tertiary/aromatic N) is 3. The lowest BCUT2D eigenvalue weighted by atomic mass is 9.96. The number of aryl methyl sites for hydroxylation is 1. The number of nitrogens with one attached hydrogen (secondary N) is 1. The molecule has 4 rings (SSSR count). The molecular formula is C22H29F3N4O3. The number of carbonyl (C=O) groups is 1. The van der Waals surface area contributed by atoms with Gasteiger partial charge in [-0.3, -0.25) is 9.48 Å².